The van der Waals surface area contributed by atoms with Crippen LogP contribution in [0.4, 0.5) is 0 Å². The topological polar surface area (TPSA) is 106 Å². The number of methoxy groups -OCH3 is 1. The first-order chi connectivity index (χ1) is 19.9. The molecule has 0 radical (unpaired) electrons. The maximum absolute atomic E-state index is 13.4. The van der Waals surface area contributed by atoms with Crippen molar-refractivity contribution in [3.8, 4) is 5.75 Å². The number of aryl methyl sites for hydroxylation is 1. The van der Waals surface area contributed by atoms with E-state index < -0.39 is 23.7 Å². The number of esters is 1. The number of nitrogens with zero attached hydrogens (tertiary/aromatic N) is 2. The van der Waals surface area contributed by atoms with Crippen LogP contribution >= 0.6 is 0 Å². The predicted molar refractivity (Wildman–Crippen MR) is 152 cm³/mol. The number of hydrogen-bond acceptors (Lipinski definition) is 7. The van der Waals surface area contributed by atoms with Crippen LogP contribution in [0.5, 0.6) is 5.75 Å². The van der Waals surface area contributed by atoms with Gasteiger partial charge >= 0.3 is 5.97 Å². The number of aliphatic hydroxyl groups excluding tert-OH is 1. The minimum atomic E-state index is -0.890. The summed E-state index contributed by atoms with van der Waals surface area (Å²) in [7, 11) is 1.29. The van der Waals surface area contributed by atoms with Crippen molar-refractivity contribution in [2.24, 2.45) is 0 Å². The van der Waals surface area contributed by atoms with E-state index in [-0.39, 0.29) is 17.9 Å². The van der Waals surface area contributed by atoms with E-state index >= 15 is 0 Å². The number of likely N-dealkylation sites (tertiary alicyclic amines) is 1. The van der Waals surface area contributed by atoms with Crippen molar-refractivity contribution in [1.29, 1.82) is 0 Å². The SMILES string of the molecule is COC(=O)c1ccc([C@H]2C(=C(O)c3ccc(OCc4ccccc4C)cc3)C(=O)C(=O)N2Cc2cccnc2)cc1. The number of benzene rings is 3. The predicted octanol–water partition coefficient (Wildman–Crippen LogP) is 5.38. The summed E-state index contributed by atoms with van der Waals surface area (Å²) in [6.45, 7) is 2.51. The van der Waals surface area contributed by atoms with E-state index in [1.54, 1.807) is 73.1 Å². The Hall–Kier alpha value is -5.24. The maximum Gasteiger partial charge on any atom is 0.337 e. The quantitative estimate of drug-likeness (QED) is 0.136. The van der Waals surface area contributed by atoms with Crippen molar-refractivity contribution in [2.45, 2.75) is 26.1 Å². The van der Waals surface area contributed by atoms with Gasteiger partial charge in [-0.3, -0.25) is 14.6 Å². The van der Waals surface area contributed by atoms with Gasteiger partial charge in [-0.2, -0.15) is 0 Å². The van der Waals surface area contributed by atoms with Crippen molar-refractivity contribution in [3.05, 3.63) is 136 Å². The lowest BCUT2D eigenvalue weighted by Crippen LogP contribution is -2.29. The number of carbonyl (C=O) groups is 3. The molecule has 8 heteroatoms. The number of ether oxygens (including phenoxy) is 2. The Bertz CT molecular complexity index is 1610. The summed E-state index contributed by atoms with van der Waals surface area (Å²) in [6, 6.07) is 23.7. The third-order valence-electron chi connectivity index (χ3n) is 7.05. The van der Waals surface area contributed by atoms with Crippen LogP contribution in [0.1, 0.15) is 44.2 Å². The molecule has 0 saturated carbocycles. The Morgan fingerprint density at radius 1 is 0.927 bits per heavy atom. The molecule has 1 atom stereocenters. The zero-order valence-electron chi connectivity index (χ0n) is 22.6. The maximum atomic E-state index is 13.4. The first kappa shape index (κ1) is 27.3. The van der Waals surface area contributed by atoms with E-state index in [4.69, 9.17) is 9.47 Å². The smallest absolute Gasteiger partial charge is 0.337 e. The fourth-order valence-corrected chi connectivity index (χ4v) is 4.79. The standard InChI is InChI=1S/C33H28N2O6/c1-21-6-3-4-8-26(21)20-41-27-15-13-24(14-16-27)30(36)28-29(23-9-11-25(12-10-23)33(39)40-2)35(32(38)31(28)37)19-22-7-5-17-34-18-22/h3-18,29,36H,19-20H2,1-2H3/t29-/m0/s1. The van der Waals surface area contributed by atoms with Gasteiger partial charge in [-0.15, -0.1) is 0 Å². The Morgan fingerprint density at radius 3 is 2.29 bits per heavy atom. The molecule has 206 valence electrons. The highest BCUT2D eigenvalue weighted by atomic mass is 16.5. The van der Waals surface area contributed by atoms with Gasteiger partial charge in [0.25, 0.3) is 11.7 Å². The normalized spacial score (nSPS) is 16.0. The lowest BCUT2D eigenvalue weighted by molar-refractivity contribution is -0.140. The van der Waals surface area contributed by atoms with E-state index in [2.05, 4.69) is 4.98 Å². The molecule has 0 bridgehead atoms. The van der Waals surface area contributed by atoms with Crippen LogP contribution in [0.25, 0.3) is 5.76 Å². The molecule has 0 unspecified atom stereocenters. The third kappa shape index (κ3) is 5.72. The average molecular weight is 549 g/mol. The van der Waals surface area contributed by atoms with E-state index in [9.17, 15) is 19.5 Å². The van der Waals surface area contributed by atoms with Crippen molar-refractivity contribution in [1.82, 2.24) is 9.88 Å². The van der Waals surface area contributed by atoms with Gasteiger partial charge in [0.2, 0.25) is 0 Å². The van der Waals surface area contributed by atoms with Gasteiger partial charge in [-0.1, -0.05) is 42.5 Å². The van der Waals surface area contributed by atoms with Gasteiger partial charge in [-0.05, 0) is 71.6 Å². The van der Waals surface area contributed by atoms with Crippen LogP contribution < -0.4 is 4.74 Å². The van der Waals surface area contributed by atoms with Crippen LogP contribution in [-0.2, 0) is 27.5 Å². The molecule has 41 heavy (non-hydrogen) atoms. The summed E-state index contributed by atoms with van der Waals surface area (Å²) in [5.74, 6) is -1.75. The third-order valence-corrected chi connectivity index (χ3v) is 7.05. The first-order valence-electron chi connectivity index (χ1n) is 13.0. The zero-order chi connectivity index (χ0) is 28.9. The number of pyridine rings is 1. The minimum Gasteiger partial charge on any atom is -0.507 e. The van der Waals surface area contributed by atoms with E-state index in [1.807, 2.05) is 31.2 Å². The Kier molecular flexibility index (Phi) is 7.92. The van der Waals surface area contributed by atoms with Crippen molar-refractivity contribution in [2.75, 3.05) is 7.11 Å². The Labute approximate surface area is 237 Å². The van der Waals surface area contributed by atoms with Crippen LogP contribution in [0, 0.1) is 6.92 Å². The molecule has 5 rings (SSSR count). The van der Waals surface area contributed by atoms with Gasteiger partial charge in [0.15, 0.2) is 0 Å². The van der Waals surface area contributed by atoms with Crippen LogP contribution in [0.3, 0.4) is 0 Å². The molecule has 4 aromatic rings. The molecule has 1 aromatic heterocycles. The fraction of sp³-hybridized carbons (Fsp3) is 0.152. The highest BCUT2D eigenvalue weighted by molar-refractivity contribution is 6.46. The summed E-state index contributed by atoms with van der Waals surface area (Å²) in [6.07, 6.45) is 3.24. The molecule has 0 spiro atoms. The minimum absolute atomic E-state index is 0.0433. The van der Waals surface area contributed by atoms with Crippen LogP contribution in [0.15, 0.2) is 103 Å². The summed E-state index contributed by atoms with van der Waals surface area (Å²) in [5, 5.41) is 11.4. The number of carbonyl (C=O) groups excluding carboxylic acids is 3. The van der Waals surface area contributed by atoms with Gasteiger partial charge in [-0.25, -0.2) is 4.79 Å². The number of aromatic nitrogens is 1. The highest BCUT2D eigenvalue weighted by Crippen LogP contribution is 2.40. The van der Waals surface area contributed by atoms with Crippen LogP contribution in [0.2, 0.25) is 0 Å². The lowest BCUT2D eigenvalue weighted by Gasteiger charge is -2.25. The number of aliphatic hydroxyl groups is 1. The van der Waals surface area contributed by atoms with Crippen molar-refractivity contribution in [3.63, 3.8) is 0 Å². The molecular weight excluding hydrogens is 520 g/mol. The lowest BCUT2D eigenvalue weighted by atomic mass is 9.94. The molecule has 1 aliphatic rings. The van der Waals surface area contributed by atoms with Crippen molar-refractivity contribution >= 4 is 23.4 Å². The summed E-state index contributed by atoms with van der Waals surface area (Å²) in [4.78, 5) is 44.1. The van der Waals surface area contributed by atoms with E-state index in [0.717, 1.165) is 16.7 Å². The van der Waals surface area contributed by atoms with E-state index in [0.29, 0.717) is 29.0 Å². The molecule has 8 nitrogen and oxygen atoms in total. The van der Waals surface area contributed by atoms with Gasteiger partial charge < -0.3 is 19.5 Å². The van der Waals surface area contributed by atoms with Crippen LogP contribution in [-0.4, -0.2) is 39.8 Å². The molecular formula is C33H28N2O6. The van der Waals surface area contributed by atoms with Crippen molar-refractivity contribution < 1.29 is 29.0 Å². The molecule has 1 saturated heterocycles. The number of rotatable bonds is 8. The van der Waals surface area contributed by atoms with Gasteiger partial charge in [0.05, 0.1) is 24.3 Å². The molecule has 3 aromatic carbocycles. The second-order valence-electron chi connectivity index (χ2n) is 9.64. The van der Waals surface area contributed by atoms with Gasteiger partial charge in [0.1, 0.15) is 18.1 Å². The molecule has 1 N–H and O–H groups in total. The monoisotopic (exact) mass is 548 g/mol. The molecule has 0 aliphatic carbocycles. The number of ketones is 1. The summed E-state index contributed by atoms with van der Waals surface area (Å²) < 4.78 is 10.7. The first-order valence-corrected chi connectivity index (χ1v) is 13.0. The number of hydrogen-bond donors (Lipinski definition) is 1. The second-order valence-corrected chi connectivity index (χ2v) is 9.64. The molecule has 1 fully saturated rings. The molecule has 2 heterocycles. The number of amides is 1. The Morgan fingerprint density at radius 2 is 1.63 bits per heavy atom. The largest absolute Gasteiger partial charge is 0.507 e. The Balaban J connectivity index is 1.49. The summed E-state index contributed by atoms with van der Waals surface area (Å²) in [5.41, 5.74) is 4.11. The molecule has 1 aliphatic heterocycles. The van der Waals surface area contributed by atoms with Gasteiger partial charge in [0, 0.05) is 24.5 Å². The summed E-state index contributed by atoms with van der Waals surface area (Å²) >= 11 is 0. The average Bonchev–Trinajstić information content (AvgIpc) is 3.25. The highest BCUT2D eigenvalue weighted by Gasteiger charge is 2.46. The zero-order valence-corrected chi connectivity index (χ0v) is 22.6. The second kappa shape index (κ2) is 11.9. The van der Waals surface area contributed by atoms with E-state index in [1.165, 1.54) is 12.0 Å². The molecule has 1 amide bonds. The fourth-order valence-electron chi connectivity index (χ4n) is 4.79. The number of Topliss-reactive ketones (excluding diaryl/α,β-unsaturated/α-hetero) is 1.